The van der Waals surface area contributed by atoms with E-state index < -0.39 is 5.60 Å². The van der Waals surface area contributed by atoms with Gasteiger partial charge in [0.05, 0.1) is 5.02 Å². The van der Waals surface area contributed by atoms with E-state index in [1.165, 1.54) is 19.4 Å². The number of piperidine rings is 1. The largest absolute Gasteiger partial charge is 0.456 e. The summed E-state index contributed by atoms with van der Waals surface area (Å²) in [6, 6.07) is 8.15. The second-order valence-corrected chi connectivity index (χ2v) is 6.49. The molecule has 0 aliphatic carbocycles. The molecule has 2 aliphatic heterocycles. The number of aliphatic hydroxyl groups is 1. The first-order valence-electron chi connectivity index (χ1n) is 7.31. The van der Waals surface area contributed by atoms with Gasteiger partial charge >= 0.3 is 0 Å². The monoisotopic (exact) mass is 291 g/mol. The molecule has 20 heavy (non-hydrogen) atoms. The molecule has 2 saturated heterocycles. The highest BCUT2D eigenvalue weighted by Gasteiger charge is 2.43. The molecule has 1 N–H and O–H groups in total. The molecule has 2 fully saturated rings. The average Bonchev–Trinajstić information content (AvgIpc) is 3.04. The second kappa shape index (κ2) is 4.48. The van der Waals surface area contributed by atoms with Gasteiger partial charge in [0.25, 0.3) is 0 Å². The van der Waals surface area contributed by atoms with E-state index in [0.717, 1.165) is 24.8 Å². The Bertz CT molecular complexity index is 653. The zero-order valence-electron chi connectivity index (χ0n) is 11.3. The smallest absolute Gasteiger partial charge is 0.153 e. The van der Waals surface area contributed by atoms with Gasteiger partial charge < -0.3 is 14.4 Å². The summed E-state index contributed by atoms with van der Waals surface area (Å²) in [5.74, 6) is 0.673. The van der Waals surface area contributed by atoms with E-state index in [2.05, 4.69) is 4.90 Å². The van der Waals surface area contributed by atoms with Crippen LogP contribution < -0.4 is 0 Å². The minimum absolute atomic E-state index is 0.498. The summed E-state index contributed by atoms with van der Waals surface area (Å²) >= 11 is 6.16. The third-order valence-corrected chi connectivity index (χ3v) is 5.14. The van der Waals surface area contributed by atoms with E-state index in [0.29, 0.717) is 22.4 Å². The number of fused-ring (bicyclic) bond motifs is 2. The van der Waals surface area contributed by atoms with E-state index in [-0.39, 0.29) is 0 Å². The molecule has 1 aromatic heterocycles. The number of hydrogen-bond acceptors (Lipinski definition) is 3. The quantitative estimate of drug-likeness (QED) is 0.873. The molecule has 0 saturated carbocycles. The van der Waals surface area contributed by atoms with Crippen molar-refractivity contribution in [1.29, 1.82) is 0 Å². The van der Waals surface area contributed by atoms with Crippen molar-refractivity contribution in [2.45, 2.75) is 37.3 Å². The van der Waals surface area contributed by atoms with Crippen LogP contribution in [0, 0.1) is 0 Å². The van der Waals surface area contributed by atoms with Crippen LogP contribution in [0.4, 0.5) is 0 Å². The molecule has 2 unspecified atom stereocenters. The lowest BCUT2D eigenvalue weighted by atomic mass is 9.84. The van der Waals surface area contributed by atoms with Gasteiger partial charge in [-0.25, -0.2) is 0 Å². The van der Waals surface area contributed by atoms with E-state index in [1.54, 1.807) is 0 Å². The molecule has 0 radical (unpaired) electrons. The van der Waals surface area contributed by atoms with Gasteiger partial charge in [-0.2, -0.15) is 0 Å². The van der Waals surface area contributed by atoms with Gasteiger partial charge in [0.2, 0.25) is 0 Å². The normalized spacial score (nSPS) is 30.8. The van der Waals surface area contributed by atoms with Crippen LogP contribution in [0.1, 0.15) is 31.4 Å². The van der Waals surface area contributed by atoms with E-state index in [9.17, 15) is 5.11 Å². The van der Waals surface area contributed by atoms with Crippen LogP contribution in [0.3, 0.4) is 0 Å². The second-order valence-electron chi connectivity index (χ2n) is 6.09. The van der Waals surface area contributed by atoms with Crippen molar-refractivity contribution in [3.8, 4) is 0 Å². The summed E-state index contributed by atoms with van der Waals surface area (Å²) in [6.45, 7) is 2.12. The fourth-order valence-corrected chi connectivity index (χ4v) is 3.94. The first-order valence-corrected chi connectivity index (χ1v) is 7.68. The van der Waals surface area contributed by atoms with Crippen molar-refractivity contribution in [2.75, 3.05) is 13.1 Å². The Kier molecular flexibility index (Phi) is 2.85. The Balaban J connectivity index is 1.72. The van der Waals surface area contributed by atoms with Crippen LogP contribution in [-0.4, -0.2) is 29.1 Å². The maximum Gasteiger partial charge on any atom is 0.153 e. The molecule has 3 nitrogen and oxygen atoms in total. The van der Waals surface area contributed by atoms with Crippen LogP contribution in [0.5, 0.6) is 0 Å². The maximum atomic E-state index is 11.0. The van der Waals surface area contributed by atoms with Gasteiger partial charge in [-0.05, 0) is 44.4 Å². The minimum Gasteiger partial charge on any atom is -0.456 e. The van der Waals surface area contributed by atoms with Crippen LogP contribution in [0.15, 0.2) is 28.7 Å². The fourth-order valence-electron chi connectivity index (χ4n) is 3.72. The highest BCUT2D eigenvalue weighted by atomic mass is 35.5. The van der Waals surface area contributed by atoms with E-state index >= 15 is 0 Å². The number of hydrogen-bond donors (Lipinski definition) is 1. The lowest BCUT2D eigenvalue weighted by Crippen LogP contribution is -2.45. The summed E-state index contributed by atoms with van der Waals surface area (Å²) in [5.41, 5.74) is -0.153. The summed E-state index contributed by atoms with van der Waals surface area (Å²) in [4.78, 5) is 2.49. The van der Waals surface area contributed by atoms with Crippen molar-refractivity contribution in [2.24, 2.45) is 0 Å². The fraction of sp³-hybridized carbons (Fsp3) is 0.500. The Hall–Kier alpha value is -1.03. The van der Waals surface area contributed by atoms with Gasteiger partial charge in [0, 0.05) is 18.0 Å². The summed E-state index contributed by atoms with van der Waals surface area (Å²) in [5, 5.41) is 12.6. The Morgan fingerprint density at radius 3 is 3.10 bits per heavy atom. The Morgan fingerprint density at radius 2 is 2.25 bits per heavy atom. The van der Waals surface area contributed by atoms with Gasteiger partial charge in [-0.1, -0.05) is 23.7 Å². The third-order valence-electron chi connectivity index (χ3n) is 4.84. The molecule has 0 amide bonds. The number of nitrogens with zero attached hydrogens (tertiary/aromatic N) is 1. The Morgan fingerprint density at radius 1 is 1.35 bits per heavy atom. The molecule has 0 bridgehead atoms. The number of para-hydroxylation sites is 1. The zero-order valence-corrected chi connectivity index (χ0v) is 12.1. The van der Waals surface area contributed by atoms with Gasteiger partial charge in [-0.3, -0.25) is 0 Å². The van der Waals surface area contributed by atoms with Crippen LogP contribution in [-0.2, 0) is 5.60 Å². The van der Waals surface area contributed by atoms with Crippen molar-refractivity contribution >= 4 is 22.6 Å². The first-order chi connectivity index (χ1) is 9.66. The topological polar surface area (TPSA) is 36.6 Å². The number of furan rings is 1. The van der Waals surface area contributed by atoms with Crippen LogP contribution >= 0.6 is 11.6 Å². The van der Waals surface area contributed by atoms with E-state index in [4.69, 9.17) is 16.0 Å². The predicted molar refractivity (Wildman–Crippen MR) is 78.9 cm³/mol. The lowest BCUT2D eigenvalue weighted by Gasteiger charge is -2.39. The molecule has 3 heterocycles. The van der Waals surface area contributed by atoms with Gasteiger partial charge in [0.1, 0.15) is 11.4 Å². The van der Waals surface area contributed by atoms with Crippen molar-refractivity contribution in [3.05, 3.63) is 35.0 Å². The van der Waals surface area contributed by atoms with Crippen LogP contribution in [0.2, 0.25) is 5.02 Å². The number of halogens is 1. The van der Waals surface area contributed by atoms with E-state index in [1.807, 2.05) is 24.3 Å². The molecule has 2 atom stereocenters. The highest BCUT2D eigenvalue weighted by molar-refractivity contribution is 6.34. The number of rotatable bonds is 1. The molecule has 4 rings (SSSR count). The van der Waals surface area contributed by atoms with Crippen LogP contribution in [0.25, 0.3) is 11.0 Å². The molecular formula is C16H18ClNO2. The first kappa shape index (κ1) is 12.7. The molecule has 1 aromatic carbocycles. The molecule has 4 heteroatoms. The summed E-state index contributed by atoms with van der Waals surface area (Å²) in [7, 11) is 0. The summed E-state index contributed by atoms with van der Waals surface area (Å²) in [6.07, 6.45) is 3.93. The standard InChI is InChI=1S/C16H18ClNO2/c17-13-5-1-3-11-9-14(20-15(11)13)16(19)6-8-18-7-2-4-12(18)10-16/h1,3,5,9,12,19H,2,4,6-8,10H2. The number of benzene rings is 1. The average molecular weight is 292 g/mol. The predicted octanol–water partition coefficient (Wildman–Crippen LogP) is 3.53. The molecule has 2 aromatic rings. The summed E-state index contributed by atoms with van der Waals surface area (Å²) < 4.78 is 5.89. The van der Waals surface area contributed by atoms with Gasteiger partial charge in [0.15, 0.2) is 5.58 Å². The molecule has 106 valence electrons. The molecule has 2 aliphatic rings. The third kappa shape index (κ3) is 1.88. The zero-order chi connectivity index (χ0) is 13.7. The Labute approximate surface area is 123 Å². The van der Waals surface area contributed by atoms with Crippen molar-refractivity contribution < 1.29 is 9.52 Å². The molecular weight excluding hydrogens is 274 g/mol. The van der Waals surface area contributed by atoms with Crippen molar-refractivity contribution in [1.82, 2.24) is 4.90 Å². The maximum absolute atomic E-state index is 11.0. The van der Waals surface area contributed by atoms with Gasteiger partial charge in [-0.15, -0.1) is 0 Å². The SMILES string of the molecule is OC1(c2cc3cccc(Cl)c3o2)CCN2CCCC2C1. The molecule has 0 spiro atoms. The van der Waals surface area contributed by atoms with Crippen molar-refractivity contribution in [3.63, 3.8) is 0 Å². The highest BCUT2D eigenvalue weighted by Crippen LogP contribution is 2.42. The minimum atomic E-state index is -0.839. The lowest BCUT2D eigenvalue weighted by molar-refractivity contribution is -0.0549.